The van der Waals surface area contributed by atoms with Gasteiger partial charge in [0.25, 0.3) is 5.91 Å². The smallest absolute Gasteiger partial charge is 0.268 e. The van der Waals surface area contributed by atoms with Crippen molar-refractivity contribution in [1.82, 2.24) is 0 Å². The summed E-state index contributed by atoms with van der Waals surface area (Å²) in [6, 6.07) is 16.8. The minimum absolute atomic E-state index is 0.145. The quantitative estimate of drug-likeness (QED) is 0.848. The second kappa shape index (κ2) is 5.29. The molecule has 1 aliphatic heterocycles. The number of hydrogen-bond acceptors (Lipinski definition) is 3. The molecule has 1 atom stereocenters. The molecule has 104 valence electrons. The molecule has 0 saturated carbocycles. The van der Waals surface area contributed by atoms with Gasteiger partial charge in [-0.25, -0.2) is 0 Å². The highest BCUT2D eigenvalue weighted by molar-refractivity contribution is 5.98. The molecule has 0 aromatic heterocycles. The predicted molar refractivity (Wildman–Crippen MR) is 79.1 cm³/mol. The van der Waals surface area contributed by atoms with Gasteiger partial charge in [0, 0.05) is 13.5 Å². The van der Waals surface area contributed by atoms with Crippen molar-refractivity contribution < 1.29 is 9.53 Å². The number of ether oxygens (including phenoxy) is 1. The van der Waals surface area contributed by atoms with Crippen molar-refractivity contribution in [3.8, 4) is 11.8 Å². The Morgan fingerprint density at radius 1 is 1.24 bits per heavy atom. The molecule has 4 heteroatoms. The average Bonchev–Trinajstić information content (AvgIpc) is 2.97. The third-order valence-electron chi connectivity index (χ3n) is 3.64. The third-order valence-corrected chi connectivity index (χ3v) is 3.64. The summed E-state index contributed by atoms with van der Waals surface area (Å²) in [7, 11) is 1.67. The van der Waals surface area contributed by atoms with Gasteiger partial charge in [0.05, 0.1) is 11.3 Å². The van der Waals surface area contributed by atoms with E-state index in [1.807, 2.05) is 30.3 Å². The number of benzene rings is 2. The highest BCUT2D eigenvalue weighted by Crippen LogP contribution is 2.30. The highest BCUT2D eigenvalue weighted by atomic mass is 16.5. The minimum Gasteiger partial charge on any atom is -0.480 e. The first-order chi connectivity index (χ1) is 10.2. The molecule has 0 bridgehead atoms. The van der Waals surface area contributed by atoms with E-state index < -0.39 is 6.10 Å². The van der Waals surface area contributed by atoms with Crippen molar-refractivity contribution in [2.24, 2.45) is 0 Å². The largest absolute Gasteiger partial charge is 0.480 e. The lowest BCUT2D eigenvalue weighted by atomic mass is 10.1. The molecule has 1 unspecified atom stereocenters. The first kappa shape index (κ1) is 13.2. The summed E-state index contributed by atoms with van der Waals surface area (Å²) in [5, 5.41) is 9.14. The van der Waals surface area contributed by atoms with Crippen molar-refractivity contribution in [3.63, 3.8) is 0 Å². The van der Waals surface area contributed by atoms with Crippen molar-refractivity contribution in [2.75, 3.05) is 11.9 Å². The molecule has 1 aliphatic rings. The van der Waals surface area contributed by atoms with Gasteiger partial charge in [0.15, 0.2) is 6.10 Å². The Kier molecular flexibility index (Phi) is 3.33. The van der Waals surface area contributed by atoms with Crippen LogP contribution in [-0.2, 0) is 11.2 Å². The average molecular weight is 278 g/mol. The first-order valence-corrected chi connectivity index (χ1v) is 6.72. The fourth-order valence-electron chi connectivity index (χ4n) is 2.52. The topological polar surface area (TPSA) is 53.3 Å². The lowest BCUT2D eigenvalue weighted by Gasteiger charge is -2.21. The van der Waals surface area contributed by atoms with Crippen LogP contribution in [0.15, 0.2) is 48.5 Å². The highest BCUT2D eigenvalue weighted by Gasteiger charge is 2.31. The van der Waals surface area contributed by atoms with E-state index in [1.165, 1.54) is 4.90 Å². The van der Waals surface area contributed by atoms with Crippen LogP contribution in [0.5, 0.6) is 5.75 Å². The fraction of sp³-hybridized carbons (Fsp3) is 0.176. The van der Waals surface area contributed by atoms with Gasteiger partial charge in [-0.2, -0.15) is 5.26 Å². The normalized spacial score (nSPS) is 15.7. The zero-order valence-corrected chi connectivity index (χ0v) is 11.6. The number of nitrogens with zero attached hydrogens (tertiary/aromatic N) is 2. The Labute approximate surface area is 123 Å². The number of amides is 1. The first-order valence-electron chi connectivity index (χ1n) is 6.72. The number of para-hydroxylation sites is 2. The predicted octanol–water partition coefficient (Wildman–Crippen LogP) is 2.52. The molecular weight excluding hydrogens is 264 g/mol. The molecule has 2 aromatic carbocycles. The molecule has 0 fully saturated rings. The van der Waals surface area contributed by atoms with Crippen LogP contribution < -0.4 is 9.64 Å². The molecule has 21 heavy (non-hydrogen) atoms. The van der Waals surface area contributed by atoms with Gasteiger partial charge in [-0.1, -0.05) is 30.3 Å². The summed E-state index contributed by atoms with van der Waals surface area (Å²) in [6.07, 6.45) is 0.0350. The van der Waals surface area contributed by atoms with Crippen molar-refractivity contribution >= 4 is 11.6 Å². The molecule has 0 spiro atoms. The van der Waals surface area contributed by atoms with E-state index in [9.17, 15) is 4.79 Å². The molecule has 0 aliphatic carbocycles. The molecule has 0 radical (unpaired) electrons. The lowest BCUT2D eigenvalue weighted by molar-refractivity contribution is -0.124. The van der Waals surface area contributed by atoms with Crippen LogP contribution in [0.25, 0.3) is 0 Å². The molecule has 0 N–H and O–H groups in total. The van der Waals surface area contributed by atoms with Gasteiger partial charge in [-0.05, 0) is 23.8 Å². The second-order valence-corrected chi connectivity index (χ2v) is 4.94. The van der Waals surface area contributed by atoms with E-state index in [-0.39, 0.29) is 5.91 Å². The summed E-state index contributed by atoms with van der Waals surface area (Å²) in [6.45, 7) is 0. The Morgan fingerprint density at radius 3 is 2.71 bits per heavy atom. The maximum absolute atomic E-state index is 12.6. The zero-order valence-electron chi connectivity index (χ0n) is 11.6. The Hall–Kier alpha value is -2.80. The summed E-state index contributed by atoms with van der Waals surface area (Å²) in [5.41, 5.74) is 2.12. The summed E-state index contributed by atoms with van der Waals surface area (Å²) >= 11 is 0. The molecule has 2 aromatic rings. The van der Waals surface area contributed by atoms with Crippen LogP contribution in [0.1, 0.15) is 11.1 Å². The monoisotopic (exact) mass is 278 g/mol. The van der Waals surface area contributed by atoms with Gasteiger partial charge < -0.3 is 9.64 Å². The number of carbonyl (C=O) groups excluding carboxylic acids is 1. The van der Waals surface area contributed by atoms with Crippen molar-refractivity contribution in [1.29, 1.82) is 5.26 Å². The van der Waals surface area contributed by atoms with E-state index in [1.54, 1.807) is 25.2 Å². The molecule has 0 saturated heterocycles. The van der Waals surface area contributed by atoms with E-state index in [2.05, 4.69) is 6.07 Å². The van der Waals surface area contributed by atoms with Crippen LogP contribution in [0, 0.1) is 11.3 Å². The minimum atomic E-state index is -0.529. The van der Waals surface area contributed by atoms with Gasteiger partial charge in [0.2, 0.25) is 0 Å². The van der Waals surface area contributed by atoms with Gasteiger partial charge in [-0.3, -0.25) is 4.79 Å². The van der Waals surface area contributed by atoms with Crippen molar-refractivity contribution in [3.05, 3.63) is 59.7 Å². The maximum atomic E-state index is 12.6. The summed E-state index contributed by atoms with van der Waals surface area (Å²) in [5.74, 6) is 0.617. The maximum Gasteiger partial charge on any atom is 0.268 e. The van der Waals surface area contributed by atoms with Crippen LogP contribution in [0.4, 0.5) is 5.69 Å². The van der Waals surface area contributed by atoms with Gasteiger partial charge >= 0.3 is 0 Å². The van der Waals surface area contributed by atoms with Crippen LogP contribution in [-0.4, -0.2) is 19.1 Å². The Bertz CT molecular complexity index is 709. The number of carbonyl (C=O) groups is 1. The van der Waals surface area contributed by atoms with Gasteiger partial charge in [0.1, 0.15) is 11.8 Å². The number of rotatable bonds is 2. The fourth-order valence-corrected chi connectivity index (χ4v) is 2.52. The third kappa shape index (κ3) is 2.34. The molecular formula is C17H14N2O2. The zero-order chi connectivity index (χ0) is 14.8. The van der Waals surface area contributed by atoms with Gasteiger partial charge in [-0.15, -0.1) is 0 Å². The van der Waals surface area contributed by atoms with Crippen LogP contribution in [0.2, 0.25) is 0 Å². The van der Waals surface area contributed by atoms with E-state index in [4.69, 9.17) is 10.00 Å². The SMILES string of the molecule is CN(C(=O)C1Cc2ccccc2O1)c1ccccc1C#N. The number of nitriles is 1. The van der Waals surface area contributed by atoms with E-state index >= 15 is 0 Å². The lowest BCUT2D eigenvalue weighted by Crippen LogP contribution is -2.39. The number of hydrogen-bond donors (Lipinski definition) is 0. The Morgan fingerprint density at radius 2 is 1.95 bits per heavy atom. The molecule has 1 heterocycles. The molecule has 3 rings (SSSR count). The number of fused-ring (bicyclic) bond motifs is 1. The second-order valence-electron chi connectivity index (χ2n) is 4.94. The van der Waals surface area contributed by atoms with Crippen LogP contribution >= 0.6 is 0 Å². The van der Waals surface area contributed by atoms with E-state index in [0.717, 1.165) is 11.3 Å². The van der Waals surface area contributed by atoms with Crippen LogP contribution in [0.3, 0.4) is 0 Å². The molecule has 1 amide bonds. The number of anilines is 1. The standard InChI is InChI=1S/C17H14N2O2/c1-19(14-8-4-2-7-13(14)11-18)17(20)16-10-12-6-3-5-9-15(12)21-16/h2-9,16H,10H2,1H3. The van der Waals surface area contributed by atoms with E-state index in [0.29, 0.717) is 17.7 Å². The number of likely N-dealkylation sites (N-methyl/N-ethyl adjacent to an activating group) is 1. The summed E-state index contributed by atoms with van der Waals surface area (Å²) < 4.78 is 5.71. The Balaban J connectivity index is 1.82. The molecule has 4 nitrogen and oxygen atoms in total. The van der Waals surface area contributed by atoms with Crippen molar-refractivity contribution in [2.45, 2.75) is 12.5 Å². The summed E-state index contributed by atoms with van der Waals surface area (Å²) in [4.78, 5) is 14.1.